The molecule has 4 heterocycles. The Morgan fingerprint density at radius 1 is 0.645 bits per heavy atom. The number of aromatic amines is 2. The van der Waals surface area contributed by atoms with E-state index in [1.54, 1.807) is 0 Å². The van der Waals surface area contributed by atoms with Gasteiger partial charge in [-0.05, 0) is 26.7 Å². The number of rotatable bonds is 31. The minimum Gasteiger partial charge on any atom is -0.396 e. The van der Waals surface area contributed by atoms with Crippen LogP contribution in [-0.2, 0) is 36.7 Å². The van der Waals surface area contributed by atoms with Gasteiger partial charge >= 0.3 is 27.0 Å². The Balaban J connectivity index is 0.919. The minimum atomic E-state index is -4.52. The van der Waals surface area contributed by atoms with Gasteiger partial charge in [0.05, 0.1) is 33.0 Å². The molecule has 0 aliphatic carbocycles. The predicted molar refractivity (Wildman–Crippen MR) is 228 cm³/mol. The van der Waals surface area contributed by atoms with E-state index < -0.39 is 88.0 Å². The number of nitrogens with zero attached hydrogens (tertiary/aromatic N) is 2. The van der Waals surface area contributed by atoms with Gasteiger partial charge in [0.15, 0.2) is 6.23 Å². The van der Waals surface area contributed by atoms with E-state index in [4.69, 9.17) is 27.6 Å². The number of H-pyrrole nitrogens is 2. The van der Waals surface area contributed by atoms with Crippen LogP contribution in [0.2, 0.25) is 0 Å². The van der Waals surface area contributed by atoms with E-state index in [9.17, 15) is 48.3 Å². The summed E-state index contributed by atoms with van der Waals surface area (Å²) < 4.78 is 59.9. The lowest BCUT2D eigenvalue weighted by atomic mass is 10.0. The summed E-state index contributed by atoms with van der Waals surface area (Å²) in [6, 6.07) is 0. The van der Waals surface area contributed by atoms with Crippen LogP contribution in [0.25, 0.3) is 0 Å². The van der Waals surface area contributed by atoms with Crippen LogP contribution in [0.5, 0.6) is 0 Å². The minimum absolute atomic E-state index is 0.00845. The van der Waals surface area contributed by atoms with Crippen LogP contribution < -0.4 is 22.5 Å². The van der Waals surface area contributed by atoms with E-state index >= 15 is 0 Å². The zero-order valence-corrected chi connectivity index (χ0v) is 37.9. The molecule has 8 atom stereocenters. The first-order chi connectivity index (χ1) is 29.6. The maximum absolute atomic E-state index is 12.7. The van der Waals surface area contributed by atoms with Crippen molar-refractivity contribution >= 4 is 15.6 Å². The molecule has 0 bridgehead atoms. The molecule has 2 saturated heterocycles. The zero-order chi connectivity index (χ0) is 45.1. The lowest BCUT2D eigenvalue weighted by Crippen LogP contribution is -2.38. The number of aromatic nitrogens is 4. The fourth-order valence-corrected chi connectivity index (χ4v) is 9.67. The molecule has 2 aliphatic heterocycles. The topological polar surface area (TPSA) is 280 Å². The highest BCUT2D eigenvalue weighted by Crippen LogP contribution is 2.50. The predicted octanol–water partition coefficient (Wildman–Crippen LogP) is 5.15. The van der Waals surface area contributed by atoms with Crippen molar-refractivity contribution < 1.29 is 56.7 Å². The van der Waals surface area contributed by atoms with E-state index in [-0.39, 0.29) is 31.8 Å². The number of nitrogens with one attached hydrogen (secondary N) is 2. The standard InChI is InChI=1S/C40H68N4O16P2/c1-29-24-43(39(49)41-36(29)47)34-23-32(33(27-46)58-34)59-61(51,52)56-21-19-17-15-13-11-9-7-5-3-4-6-8-10-12-14-16-18-20-22-57-62(53,54)60-35-31(26-45)28-55-38(35)44-25-30(2)37(48)42-40(44)50/h24-25,31-35,38,45-46H,3-23,26-28H2,1-2H3,(H,51,52)(H,53,54)(H,41,47,49)(H,42,48,50)/t31-,32+,33+,34?,35?,38+/m0/s1. The first-order valence-corrected chi connectivity index (χ1v) is 25.1. The number of aliphatic hydroxyl groups excluding tert-OH is 2. The fraction of sp³-hybridized carbons (Fsp3) is 0.800. The third kappa shape index (κ3) is 17.1. The molecule has 2 aliphatic rings. The molecule has 4 unspecified atom stereocenters. The van der Waals surface area contributed by atoms with Crippen LogP contribution in [0.3, 0.4) is 0 Å². The quantitative estimate of drug-likeness (QED) is 0.0421. The average molecular weight is 923 g/mol. The number of hydrogen-bond donors (Lipinski definition) is 6. The van der Waals surface area contributed by atoms with E-state index in [1.807, 2.05) is 0 Å². The molecule has 0 spiro atoms. The third-order valence-corrected chi connectivity index (χ3v) is 13.3. The van der Waals surface area contributed by atoms with E-state index in [1.165, 1.54) is 77.6 Å². The van der Waals surface area contributed by atoms with Crippen molar-refractivity contribution in [1.29, 1.82) is 0 Å². The number of aryl methyl sites for hydroxylation is 2. The summed E-state index contributed by atoms with van der Waals surface area (Å²) in [6.07, 6.45) is 16.6. The highest BCUT2D eigenvalue weighted by Gasteiger charge is 2.44. The van der Waals surface area contributed by atoms with Crippen LogP contribution in [0.15, 0.2) is 31.6 Å². The van der Waals surface area contributed by atoms with Gasteiger partial charge in [-0.3, -0.25) is 46.8 Å². The second kappa shape index (κ2) is 26.4. The molecular weight excluding hydrogens is 854 g/mol. The van der Waals surface area contributed by atoms with Crippen molar-refractivity contribution in [2.45, 2.75) is 167 Å². The van der Waals surface area contributed by atoms with Crippen LogP contribution in [0.1, 0.15) is 146 Å². The van der Waals surface area contributed by atoms with Crippen molar-refractivity contribution in [3.63, 3.8) is 0 Å². The smallest absolute Gasteiger partial charge is 0.396 e. The Morgan fingerprint density at radius 3 is 1.52 bits per heavy atom. The lowest BCUT2D eigenvalue weighted by molar-refractivity contribution is -0.0464. The molecule has 4 rings (SSSR count). The van der Waals surface area contributed by atoms with Gasteiger partial charge in [-0.1, -0.05) is 103 Å². The number of hydrogen-bond acceptors (Lipinski definition) is 14. The summed E-state index contributed by atoms with van der Waals surface area (Å²) in [5, 5.41) is 19.5. The number of unbranched alkanes of at least 4 members (excludes halogenated alkanes) is 17. The second-order valence-electron chi connectivity index (χ2n) is 16.4. The SMILES string of the molecule is Cc1cn(C2C[C@@H](OP(=O)(O)OCCCCCCCCCCCCCCCCCCCCOP(=O)(O)OC3[C@@H](CO)CO[C@H]3n3cc(C)c(=O)[nH]c3=O)[C@@H](CO)O2)c(=O)[nH]c1=O. The molecule has 2 aromatic rings. The van der Waals surface area contributed by atoms with Crippen molar-refractivity contribution in [3.8, 4) is 0 Å². The van der Waals surface area contributed by atoms with Gasteiger partial charge in [0.1, 0.15) is 24.5 Å². The Bertz CT molecular complexity index is 1990. The molecule has 20 nitrogen and oxygen atoms in total. The first-order valence-electron chi connectivity index (χ1n) is 22.1. The number of phosphoric ester groups is 2. The maximum atomic E-state index is 12.7. The average Bonchev–Trinajstić information content (AvgIpc) is 3.81. The number of phosphoric acid groups is 2. The highest BCUT2D eigenvalue weighted by molar-refractivity contribution is 7.47. The Morgan fingerprint density at radius 2 is 1.06 bits per heavy atom. The van der Waals surface area contributed by atoms with Gasteiger partial charge in [-0.15, -0.1) is 0 Å². The first kappa shape index (κ1) is 52.0. The van der Waals surface area contributed by atoms with Crippen molar-refractivity contribution in [1.82, 2.24) is 19.1 Å². The van der Waals surface area contributed by atoms with Gasteiger partial charge in [0, 0.05) is 35.9 Å². The molecule has 2 fully saturated rings. The maximum Gasteiger partial charge on any atom is 0.472 e. The molecule has 6 N–H and O–H groups in total. The van der Waals surface area contributed by atoms with Crippen molar-refractivity contribution in [3.05, 3.63) is 65.2 Å². The Kier molecular flexibility index (Phi) is 22.2. The van der Waals surface area contributed by atoms with Gasteiger partial charge in [0.25, 0.3) is 11.1 Å². The summed E-state index contributed by atoms with van der Waals surface area (Å²) >= 11 is 0. The summed E-state index contributed by atoms with van der Waals surface area (Å²) in [6.45, 7) is 2.23. The molecular formula is C40H68N4O16P2. The molecule has 2 aromatic heterocycles. The fourth-order valence-electron chi connectivity index (χ4n) is 7.68. The van der Waals surface area contributed by atoms with Crippen LogP contribution in [0, 0.1) is 19.8 Å². The van der Waals surface area contributed by atoms with Gasteiger partial charge in [0.2, 0.25) is 0 Å². The number of ether oxygens (including phenoxy) is 2. The number of aliphatic hydroxyl groups is 2. The summed E-state index contributed by atoms with van der Waals surface area (Å²) in [5.41, 5.74) is -1.98. The van der Waals surface area contributed by atoms with E-state index in [0.717, 1.165) is 60.5 Å². The highest BCUT2D eigenvalue weighted by atomic mass is 31.2. The van der Waals surface area contributed by atoms with Crippen molar-refractivity contribution in [2.24, 2.45) is 5.92 Å². The van der Waals surface area contributed by atoms with Crippen LogP contribution >= 0.6 is 15.6 Å². The molecule has 0 amide bonds. The molecule has 0 aromatic carbocycles. The molecule has 22 heteroatoms. The van der Waals surface area contributed by atoms with Crippen molar-refractivity contribution in [2.75, 3.05) is 33.0 Å². The normalized spacial score (nSPS) is 23.5. The second-order valence-corrected chi connectivity index (χ2v) is 19.2. The zero-order valence-electron chi connectivity index (χ0n) is 36.1. The Labute approximate surface area is 361 Å². The van der Waals surface area contributed by atoms with Gasteiger partial charge in [-0.25, -0.2) is 18.7 Å². The van der Waals surface area contributed by atoms with Crippen LogP contribution in [-0.4, -0.2) is 90.4 Å². The summed E-state index contributed by atoms with van der Waals surface area (Å²) in [4.78, 5) is 73.0. The van der Waals surface area contributed by atoms with Gasteiger partial charge in [-0.2, -0.15) is 0 Å². The monoisotopic (exact) mass is 922 g/mol. The molecule has 0 radical (unpaired) electrons. The van der Waals surface area contributed by atoms with Crippen LogP contribution in [0.4, 0.5) is 0 Å². The third-order valence-electron chi connectivity index (χ3n) is 11.3. The van der Waals surface area contributed by atoms with Gasteiger partial charge < -0.3 is 29.5 Å². The summed E-state index contributed by atoms with van der Waals surface area (Å²) in [7, 11) is -8.95. The van der Waals surface area contributed by atoms with E-state index in [0.29, 0.717) is 18.4 Å². The molecule has 354 valence electrons. The Hall–Kier alpha value is -2.58. The molecule has 62 heavy (non-hydrogen) atoms. The largest absolute Gasteiger partial charge is 0.472 e. The summed E-state index contributed by atoms with van der Waals surface area (Å²) in [5.74, 6) is -0.669. The molecule has 0 saturated carbocycles. The van der Waals surface area contributed by atoms with E-state index in [2.05, 4.69) is 9.97 Å². The lowest BCUT2D eigenvalue weighted by Gasteiger charge is -2.25.